The number of carbonyl (C=O) groups is 1. The molecule has 2 heterocycles. The first-order valence-corrected chi connectivity index (χ1v) is 13.7. The molecule has 0 unspecified atom stereocenters. The first-order chi connectivity index (χ1) is 19.6. The summed E-state index contributed by atoms with van der Waals surface area (Å²) in [6.07, 6.45) is 8.12. The lowest BCUT2D eigenvalue weighted by atomic mass is 9.89. The monoisotopic (exact) mass is 543 g/mol. The predicted octanol–water partition coefficient (Wildman–Crippen LogP) is 5.81. The summed E-state index contributed by atoms with van der Waals surface area (Å²) in [6, 6.07) is 17.5. The minimum atomic E-state index is -0.273. The molecule has 4 aromatic rings. The van der Waals surface area contributed by atoms with E-state index in [1.54, 1.807) is 24.5 Å². The molecule has 1 aliphatic rings. The van der Waals surface area contributed by atoms with Crippen molar-refractivity contribution < 1.29 is 13.6 Å². The Bertz CT molecular complexity index is 1360. The number of benzene rings is 2. The molecule has 0 atom stereocenters. The molecule has 0 saturated heterocycles. The van der Waals surface area contributed by atoms with Crippen LogP contribution in [0.25, 0.3) is 0 Å². The Kier molecular flexibility index (Phi) is 9.18. The highest BCUT2D eigenvalue weighted by Crippen LogP contribution is 2.24. The number of aromatic nitrogens is 3. The van der Waals surface area contributed by atoms with Crippen molar-refractivity contribution in [1.29, 1.82) is 0 Å². The largest absolute Gasteiger partial charge is 0.467 e. The Balaban J connectivity index is 1.22. The van der Waals surface area contributed by atoms with E-state index in [0.29, 0.717) is 42.6 Å². The Labute approximate surface area is 233 Å². The molecule has 4 N–H and O–H groups in total. The van der Waals surface area contributed by atoms with Gasteiger partial charge in [0.2, 0.25) is 23.8 Å². The molecule has 2 aromatic carbocycles. The Morgan fingerprint density at radius 1 is 0.825 bits per heavy atom. The minimum Gasteiger partial charge on any atom is -0.467 e. The maximum Gasteiger partial charge on any atom is 0.233 e. The maximum atomic E-state index is 13.3. The SMILES string of the molecule is O=C(Cc1ccc(Nc2nc(NCc3ccc(F)cc3)nc(NCC3CCCCC3)n2)cc1)NCc1ccco1. The van der Waals surface area contributed by atoms with Crippen LogP contribution in [0.4, 0.5) is 27.9 Å². The molecule has 1 fully saturated rings. The van der Waals surface area contributed by atoms with Crippen LogP contribution in [0.1, 0.15) is 49.0 Å². The highest BCUT2D eigenvalue weighted by Gasteiger charge is 2.15. The van der Waals surface area contributed by atoms with Crippen LogP contribution in [0.5, 0.6) is 0 Å². The Hall–Kier alpha value is -4.47. The van der Waals surface area contributed by atoms with Gasteiger partial charge in [0, 0.05) is 18.8 Å². The number of rotatable bonds is 12. The molecule has 0 spiro atoms. The topological polar surface area (TPSA) is 117 Å². The molecule has 1 saturated carbocycles. The summed E-state index contributed by atoms with van der Waals surface area (Å²) in [5, 5.41) is 12.7. The molecular weight excluding hydrogens is 509 g/mol. The number of hydrogen-bond acceptors (Lipinski definition) is 8. The summed E-state index contributed by atoms with van der Waals surface area (Å²) in [5.41, 5.74) is 2.58. The van der Waals surface area contributed by atoms with E-state index in [2.05, 4.69) is 36.2 Å². The molecule has 10 heteroatoms. The van der Waals surface area contributed by atoms with E-state index in [9.17, 15) is 9.18 Å². The van der Waals surface area contributed by atoms with Crippen molar-refractivity contribution in [3.63, 3.8) is 0 Å². The van der Waals surface area contributed by atoms with E-state index in [1.165, 1.54) is 44.2 Å². The molecule has 0 radical (unpaired) electrons. The fourth-order valence-corrected chi connectivity index (χ4v) is 4.68. The fraction of sp³-hybridized carbons (Fsp3) is 0.333. The zero-order chi connectivity index (χ0) is 27.6. The van der Waals surface area contributed by atoms with Crippen molar-refractivity contribution in [1.82, 2.24) is 20.3 Å². The number of amides is 1. The highest BCUT2D eigenvalue weighted by atomic mass is 19.1. The van der Waals surface area contributed by atoms with E-state index in [4.69, 9.17) is 4.42 Å². The van der Waals surface area contributed by atoms with Crippen molar-refractivity contribution in [2.24, 2.45) is 5.92 Å². The molecule has 0 bridgehead atoms. The van der Waals surface area contributed by atoms with Crippen molar-refractivity contribution in [3.05, 3.63) is 89.6 Å². The third kappa shape index (κ3) is 8.26. The molecule has 208 valence electrons. The summed E-state index contributed by atoms with van der Waals surface area (Å²) in [7, 11) is 0. The first-order valence-electron chi connectivity index (χ1n) is 13.7. The van der Waals surface area contributed by atoms with E-state index in [0.717, 1.165) is 23.4 Å². The molecule has 1 amide bonds. The Morgan fingerprint density at radius 3 is 2.25 bits per heavy atom. The molecule has 9 nitrogen and oxygen atoms in total. The third-order valence-corrected chi connectivity index (χ3v) is 6.89. The second kappa shape index (κ2) is 13.5. The molecule has 40 heavy (non-hydrogen) atoms. The standard InChI is InChI=1S/C30H34FN7O2/c31-24-12-8-23(9-13-24)19-34-29-36-28(33-18-22-5-2-1-3-6-22)37-30(38-29)35-25-14-10-21(11-15-25)17-27(39)32-20-26-7-4-16-40-26/h4,7-16,22H,1-3,5-6,17-20H2,(H,32,39)(H3,33,34,35,36,37,38). The smallest absolute Gasteiger partial charge is 0.233 e. The zero-order valence-corrected chi connectivity index (χ0v) is 22.3. The second-order valence-corrected chi connectivity index (χ2v) is 10.0. The lowest BCUT2D eigenvalue weighted by molar-refractivity contribution is -0.120. The summed E-state index contributed by atoms with van der Waals surface area (Å²) < 4.78 is 18.5. The van der Waals surface area contributed by atoms with Gasteiger partial charge in [0.05, 0.1) is 19.2 Å². The van der Waals surface area contributed by atoms with Gasteiger partial charge in [-0.2, -0.15) is 15.0 Å². The fourth-order valence-electron chi connectivity index (χ4n) is 4.68. The zero-order valence-electron chi connectivity index (χ0n) is 22.3. The van der Waals surface area contributed by atoms with E-state index in [1.807, 2.05) is 30.3 Å². The average Bonchev–Trinajstić information content (AvgIpc) is 3.50. The van der Waals surface area contributed by atoms with Gasteiger partial charge < -0.3 is 25.7 Å². The van der Waals surface area contributed by atoms with E-state index >= 15 is 0 Å². The van der Waals surface area contributed by atoms with Crippen molar-refractivity contribution in [2.75, 3.05) is 22.5 Å². The minimum absolute atomic E-state index is 0.0832. The maximum absolute atomic E-state index is 13.3. The Morgan fingerprint density at radius 2 is 1.52 bits per heavy atom. The number of furan rings is 1. The van der Waals surface area contributed by atoms with Crippen molar-refractivity contribution >= 4 is 29.4 Å². The van der Waals surface area contributed by atoms with Crippen LogP contribution < -0.4 is 21.3 Å². The number of hydrogen-bond donors (Lipinski definition) is 4. The number of halogens is 1. The van der Waals surface area contributed by atoms with Crippen LogP contribution in [0, 0.1) is 11.7 Å². The van der Waals surface area contributed by atoms with Crippen LogP contribution in [0.3, 0.4) is 0 Å². The van der Waals surface area contributed by atoms with Gasteiger partial charge in [0.15, 0.2) is 0 Å². The summed E-state index contributed by atoms with van der Waals surface area (Å²) >= 11 is 0. The van der Waals surface area contributed by atoms with Gasteiger partial charge in [-0.1, -0.05) is 43.5 Å². The normalized spacial score (nSPS) is 13.5. The first kappa shape index (κ1) is 27.1. The van der Waals surface area contributed by atoms with Gasteiger partial charge in [-0.3, -0.25) is 4.79 Å². The number of carbonyl (C=O) groups excluding carboxylic acids is 1. The molecular formula is C30H34FN7O2. The van der Waals surface area contributed by atoms with Gasteiger partial charge in [-0.25, -0.2) is 4.39 Å². The van der Waals surface area contributed by atoms with Crippen molar-refractivity contribution in [2.45, 2.75) is 51.6 Å². The number of nitrogens with zero attached hydrogens (tertiary/aromatic N) is 3. The van der Waals surface area contributed by atoms with Gasteiger partial charge in [-0.05, 0) is 66.3 Å². The lowest BCUT2D eigenvalue weighted by Crippen LogP contribution is -2.24. The van der Waals surface area contributed by atoms with Crippen LogP contribution in [0.15, 0.2) is 71.3 Å². The third-order valence-electron chi connectivity index (χ3n) is 6.89. The van der Waals surface area contributed by atoms with E-state index in [-0.39, 0.29) is 18.1 Å². The molecule has 5 rings (SSSR count). The van der Waals surface area contributed by atoms with Gasteiger partial charge >= 0.3 is 0 Å². The molecule has 2 aromatic heterocycles. The van der Waals surface area contributed by atoms with Crippen LogP contribution >= 0.6 is 0 Å². The van der Waals surface area contributed by atoms with E-state index < -0.39 is 0 Å². The number of anilines is 4. The van der Waals surface area contributed by atoms with Gasteiger partial charge in [-0.15, -0.1) is 0 Å². The number of nitrogens with one attached hydrogen (secondary N) is 4. The summed E-state index contributed by atoms with van der Waals surface area (Å²) in [5.74, 6) is 2.27. The summed E-state index contributed by atoms with van der Waals surface area (Å²) in [6.45, 7) is 1.62. The lowest BCUT2D eigenvalue weighted by Gasteiger charge is -2.21. The van der Waals surface area contributed by atoms with Crippen LogP contribution in [-0.4, -0.2) is 27.4 Å². The van der Waals surface area contributed by atoms with Gasteiger partial charge in [0.1, 0.15) is 11.6 Å². The van der Waals surface area contributed by atoms with Crippen LogP contribution in [0.2, 0.25) is 0 Å². The molecule has 1 aliphatic carbocycles. The second-order valence-electron chi connectivity index (χ2n) is 10.0. The van der Waals surface area contributed by atoms with Crippen LogP contribution in [-0.2, 0) is 24.3 Å². The highest BCUT2D eigenvalue weighted by molar-refractivity contribution is 5.78. The van der Waals surface area contributed by atoms with Gasteiger partial charge in [0.25, 0.3) is 0 Å². The molecule has 0 aliphatic heterocycles. The van der Waals surface area contributed by atoms with Crippen molar-refractivity contribution in [3.8, 4) is 0 Å². The quantitative estimate of drug-likeness (QED) is 0.177. The summed E-state index contributed by atoms with van der Waals surface area (Å²) in [4.78, 5) is 26.0. The average molecular weight is 544 g/mol. The predicted molar refractivity (Wildman–Crippen MR) is 153 cm³/mol.